The zero-order chi connectivity index (χ0) is 26.9. The quantitative estimate of drug-likeness (QED) is 0.181. The molecular formula is C39H34. The first kappa shape index (κ1) is 23.0. The van der Waals surface area contributed by atoms with Crippen molar-refractivity contribution in [3.8, 4) is 11.1 Å². The fourth-order valence-electron chi connectivity index (χ4n) is 7.65. The van der Waals surface area contributed by atoms with Gasteiger partial charge in [-0.1, -0.05) is 139 Å². The minimum Gasteiger partial charge on any atom is -0.0616 e. The van der Waals surface area contributed by atoms with Crippen LogP contribution in [0, 0.1) is 0 Å². The Labute approximate surface area is 231 Å². The van der Waals surface area contributed by atoms with Crippen molar-refractivity contribution in [1.82, 2.24) is 0 Å². The number of rotatable bonds is 0. The van der Waals surface area contributed by atoms with Crippen LogP contribution in [0.4, 0.5) is 0 Å². The second-order valence-electron chi connectivity index (χ2n) is 13.8. The molecule has 0 heteroatoms. The maximum absolute atomic E-state index is 2.54. The summed E-state index contributed by atoms with van der Waals surface area (Å²) in [7, 11) is 0. The Hall–Kier alpha value is -3.90. The summed E-state index contributed by atoms with van der Waals surface area (Å²) in [6, 6.07) is 37.7. The topological polar surface area (TPSA) is 0 Å². The maximum Gasteiger partial charge on any atom is 0.0726 e. The van der Waals surface area contributed by atoms with Crippen molar-refractivity contribution in [1.29, 1.82) is 0 Å². The minimum atomic E-state index is -0.327. The van der Waals surface area contributed by atoms with Crippen LogP contribution in [0.3, 0.4) is 0 Å². The Morgan fingerprint density at radius 3 is 1.23 bits per heavy atom. The van der Waals surface area contributed by atoms with Gasteiger partial charge in [0.05, 0.1) is 5.41 Å². The molecule has 0 fully saturated rings. The van der Waals surface area contributed by atoms with Crippen molar-refractivity contribution >= 4 is 32.3 Å². The molecule has 0 heterocycles. The summed E-state index contributed by atoms with van der Waals surface area (Å²) in [6.45, 7) is 14.0. The summed E-state index contributed by atoms with van der Waals surface area (Å²) in [5.74, 6) is 0. The highest BCUT2D eigenvalue weighted by molar-refractivity contribution is 6.29. The van der Waals surface area contributed by atoms with E-state index in [0.717, 1.165) is 0 Å². The van der Waals surface area contributed by atoms with E-state index in [2.05, 4.69) is 139 Å². The van der Waals surface area contributed by atoms with Crippen LogP contribution in [0.2, 0.25) is 0 Å². The van der Waals surface area contributed by atoms with Gasteiger partial charge < -0.3 is 0 Å². The van der Waals surface area contributed by atoms with E-state index >= 15 is 0 Å². The lowest BCUT2D eigenvalue weighted by Crippen LogP contribution is -2.27. The highest BCUT2D eigenvalue weighted by Crippen LogP contribution is 2.63. The summed E-state index contributed by atoms with van der Waals surface area (Å²) in [5.41, 5.74) is 11.1. The molecule has 2 aliphatic carbocycles. The Balaban J connectivity index is 1.63. The van der Waals surface area contributed by atoms with Crippen LogP contribution in [0.15, 0.2) is 97.1 Å². The summed E-state index contributed by atoms with van der Waals surface area (Å²) in [6.07, 6.45) is 0. The highest BCUT2D eigenvalue weighted by atomic mass is 14.5. The molecule has 0 aromatic heterocycles. The van der Waals surface area contributed by atoms with Gasteiger partial charge in [0.2, 0.25) is 0 Å². The standard InChI is InChI=1S/C39H34/c1-37(2,3)23-17-19-27-28-20-18-24(38(4,5)6)22-34(28)39(33(27)21-23)31-15-9-13-29-25-11-7-8-12-26(25)30-14-10-16-32(39)36(30)35(29)31/h7-22H,1-6H3. The summed E-state index contributed by atoms with van der Waals surface area (Å²) < 4.78 is 0. The van der Waals surface area contributed by atoms with Gasteiger partial charge in [-0.3, -0.25) is 0 Å². The molecular weight excluding hydrogens is 468 g/mol. The van der Waals surface area contributed by atoms with E-state index in [0.29, 0.717) is 0 Å². The van der Waals surface area contributed by atoms with Gasteiger partial charge in [-0.2, -0.15) is 0 Å². The van der Waals surface area contributed by atoms with Crippen LogP contribution in [-0.2, 0) is 16.2 Å². The monoisotopic (exact) mass is 502 g/mol. The van der Waals surface area contributed by atoms with E-state index in [9.17, 15) is 0 Å². The molecule has 0 nitrogen and oxygen atoms in total. The van der Waals surface area contributed by atoms with E-state index in [1.54, 1.807) is 0 Å². The van der Waals surface area contributed by atoms with Gasteiger partial charge in [0, 0.05) is 0 Å². The number of fused-ring (bicyclic) bond motifs is 10. The van der Waals surface area contributed by atoms with Crippen LogP contribution in [0.5, 0.6) is 0 Å². The van der Waals surface area contributed by atoms with Crippen molar-refractivity contribution in [3.63, 3.8) is 0 Å². The van der Waals surface area contributed by atoms with E-state index in [1.807, 2.05) is 0 Å². The molecule has 2 aliphatic rings. The predicted octanol–water partition coefficient (Wildman–Crippen LogP) is 10.4. The van der Waals surface area contributed by atoms with Crippen molar-refractivity contribution < 1.29 is 0 Å². The highest BCUT2D eigenvalue weighted by Gasteiger charge is 2.51. The minimum absolute atomic E-state index is 0.0692. The maximum atomic E-state index is 2.54. The Morgan fingerprint density at radius 2 is 0.821 bits per heavy atom. The molecule has 39 heavy (non-hydrogen) atoms. The first-order valence-electron chi connectivity index (χ1n) is 14.3. The zero-order valence-corrected chi connectivity index (χ0v) is 23.7. The molecule has 1 spiro atoms. The Morgan fingerprint density at radius 1 is 0.410 bits per heavy atom. The number of hydrogen-bond donors (Lipinski definition) is 0. The lowest BCUT2D eigenvalue weighted by atomic mass is 9.68. The van der Waals surface area contributed by atoms with Gasteiger partial charge >= 0.3 is 0 Å². The third-order valence-corrected chi connectivity index (χ3v) is 9.56. The van der Waals surface area contributed by atoms with E-state index < -0.39 is 0 Å². The van der Waals surface area contributed by atoms with Crippen molar-refractivity contribution in [2.75, 3.05) is 0 Å². The van der Waals surface area contributed by atoms with Crippen LogP contribution in [0.1, 0.15) is 74.9 Å². The van der Waals surface area contributed by atoms with Crippen LogP contribution >= 0.6 is 0 Å². The van der Waals surface area contributed by atoms with Crippen LogP contribution in [0.25, 0.3) is 43.4 Å². The van der Waals surface area contributed by atoms with E-state index in [4.69, 9.17) is 0 Å². The summed E-state index contributed by atoms with van der Waals surface area (Å²) in [5, 5.41) is 8.30. The van der Waals surface area contributed by atoms with Gasteiger partial charge in [0.1, 0.15) is 0 Å². The van der Waals surface area contributed by atoms with Gasteiger partial charge in [-0.15, -0.1) is 0 Å². The first-order valence-corrected chi connectivity index (χ1v) is 14.3. The third-order valence-electron chi connectivity index (χ3n) is 9.56. The molecule has 0 unspecified atom stereocenters. The van der Waals surface area contributed by atoms with Gasteiger partial charge in [-0.05, 0) is 87.7 Å². The first-order chi connectivity index (χ1) is 18.6. The second-order valence-corrected chi connectivity index (χ2v) is 13.8. The average Bonchev–Trinajstić information content (AvgIpc) is 3.38. The van der Waals surface area contributed by atoms with Crippen LogP contribution in [-0.4, -0.2) is 0 Å². The van der Waals surface area contributed by atoms with E-state index in [1.165, 1.54) is 76.8 Å². The molecule has 0 radical (unpaired) electrons. The predicted molar refractivity (Wildman–Crippen MR) is 167 cm³/mol. The molecule has 0 saturated heterocycles. The lowest BCUT2D eigenvalue weighted by Gasteiger charge is -2.33. The van der Waals surface area contributed by atoms with Gasteiger partial charge in [0.15, 0.2) is 0 Å². The molecule has 0 saturated carbocycles. The number of benzene rings is 6. The molecule has 0 bridgehead atoms. The van der Waals surface area contributed by atoms with Crippen LogP contribution < -0.4 is 0 Å². The van der Waals surface area contributed by atoms with Gasteiger partial charge in [0.25, 0.3) is 0 Å². The summed E-state index contributed by atoms with van der Waals surface area (Å²) in [4.78, 5) is 0. The molecule has 0 aliphatic heterocycles. The Kier molecular flexibility index (Phi) is 4.24. The molecule has 0 atom stereocenters. The molecule has 0 amide bonds. The molecule has 8 rings (SSSR count). The van der Waals surface area contributed by atoms with Crippen molar-refractivity contribution in [2.45, 2.75) is 57.8 Å². The summed E-state index contributed by atoms with van der Waals surface area (Å²) >= 11 is 0. The van der Waals surface area contributed by atoms with Gasteiger partial charge in [-0.25, -0.2) is 0 Å². The lowest BCUT2D eigenvalue weighted by molar-refractivity contribution is 0.586. The smallest absolute Gasteiger partial charge is 0.0616 e. The van der Waals surface area contributed by atoms with Crippen molar-refractivity contribution in [3.05, 3.63) is 130 Å². The molecule has 6 aromatic carbocycles. The van der Waals surface area contributed by atoms with E-state index in [-0.39, 0.29) is 16.2 Å². The number of hydrogen-bond acceptors (Lipinski definition) is 0. The average molecular weight is 503 g/mol. The third kappa shape index (κ3) is 2.75. The van der Waals surface area contributed by atoms with Crippen molar-refractivity contribution in [2.24, 2.45) is 0 Å². The zero-order valence-electron chi connectivity index (χ0n) is 23.7. The Bertz CT molecular complexity index is 1870. The molecule has 0 N–H and O–H groups in total. The SMILES string of the molecule is CC(C)(C)c1ccc2c(c1)C1(c3cc(C(C)(C)C)ccc3-2)c2cccc3c4ccccc4c4cccc1c4c23. The fourth-order valence-corrected chi connectivity index (χ4v) is 7.65. The molecule has 190 valence electrons. The molecule has 6 aromatic rings. The fraction of sp³-hybridized carbons (Fsp3) is 0.231. The largest absolute Gasteiger partial charge is 0.0726 e. The second kappa shape index (κ2) is 7.19. The normalized spacial score (nSPS) is 15.1.